The molecule has 0 saturated heterocycles. The molecule has 3 heterocycles. The normalized spacial score (nSPS) is 12.5. The van der Waals surface area contributed by atoms with E-state index in [0.717, 1.165) is 56.4 Å². The van der Waals surface area contributed by atoms with Crippen LogP contribution < -0.4 is 67.7 Å². The van der Waals surface area contributed by atoms with E-state index in [1.54, 1.807) is 0 Å². The second kappa shape index (κ2) is 23.6. The Labute approximate surface area is 563 Å². The summed E-state index contributed by atoms with van der Waals surface area (Å²) in [5.74, 6) is 0. The third-order valence-corrected chi connectivity index (χ3v) is 29.9. The van der Waals surface area contributed by atoms with E-state index in [-0.39, 0.29) is 6.71 Å². The summed E-state index contributed by atoms with van der Waals surface area (Å²) in [6.07, 6.45) is 0. The fraction of sp³-hybridized carbons (Fsp3) is 0. The highest BCUT2D eigenvalue weighted by Gasteiger charge is 2.46. The Balaban J connectivity index is 0.940. The molecule has 0 N–H and O–H groups in total. The van der Waals surface area contributed by atoms with Crippen LogP contribution in [0.4, 0.5) is 34.1 Å². The van der Waals surface area contributed by atoms with Gasteiger partial charge in [-0.2, -0.15) is 0 Å². The number of hydrogen-bond acceptors (Lipinski definition) is 2. The third-order valence-electron chi connectivity index (χ3n) is 20.4. The Bertz CT molecular complexity index is 5120. The van der Waals surface area contributed by atoms with Crippen LogP contribution in [0.2, 0.25) is 0 Å². The van der Waals surface area contributed by atoms with Crippen LogP contribution in [-0.4, -0.2) is 27.4 Å². The summed E-state index contributed by atoms with van der Waals surface area (Å²) in [4.78, 5) is 5.14. The highest BCUT2D eigenvalue weighted by atomic mass is 28.3. The number of benzene rings is 15. The number of nitrogens with zero attached hydrogens (tertiary/aromatic N) is 3. The van der Waals surface area contributed by atoms with Crippen molar-refractivity contribution in [3.8, 4) is 27.9 Å². The Morgan fingerprint density at radius 3 is 0.927 bits per heavy atom. The number of fused-ring (bicyclic) bond motifs is 7. The highest BCUT2D eigenvalue weighted by molar-refractivity contribution is 7.20. The van der Waals surface area contributed by atoms with E-state index in [9.17, 15) is 0 Å². The average Bonchev–Trinajstić information content (AvgIpc) is 0.827. The fourth-order valence-corrected chi connectivity index (χ4v) is 26.0. The van der Waals surface area contributed by atoms with Gasteiger partial charge in [-0.1, -0.05) is 322 Å². The van der Waals surface area contributed by atoms with E-state index >= 15 is 0 Å². The van der Waals surface area contributed by atoms with Gasteiger partial charge in [0.25, 0.3) is 6.71 Å². The predicted octanol–water partition coefficient (Wildman–Crippen LogP) is 15.0. The van der Waals surface area contributed by atoms with Gasteiger partial charge in [0, 0.05) is 44.9 Å². The van der Waals surface area contributed by atoms with Crippen molar-refractivity contribution in [2.24, 2.45) is 0 Å². The zero-order valence-electron chi connectivity index (χ0n) is 52.9. The van der Waals surface area contributed by atoms with Crippen LogP contribution in [0.5, 0.6) is 0 Å². The van der Waals surface area contributed by atoms with Gasteiger partial charge in [-0.3, -0.25) is 0 Å². The molecular formula is C90H64BN3Si2. The molecule has 2 aliphatic heterocycles. The van der Waals surface area contributed by atoms with Gasteiger partial charge in [0.05, 0.1) is 16.7 Å². The molecule has 0 spiro atoms. The number of hydrogen-bond donors (Lipinski definition) is 0. The lowest BCUT2D eigenvalue weighted by atomic mass is 9.33. The van der Waals surface area contributed by atoms with Gasteiger partial charge in [0.15, 0.2) is 16.1 Å². The van der Waals surface area contributed by atoms with Crippen molar-refractivity contribution in [3.05, 3.63) is 388 Å². The van der Waals surface area contributed by atoms with Crippen molar-refractivity contribution in [3.63, 3.8) is 0 Å². The van der Waals surface area contributed by atoms with Crippen LogP contribution >= 0.6 is 0 Å². The second-order valence-corrected chi connectivity index (χ2v) is 33.1. The van der Waals surface area contributed by atoms with Crippen LogP contribution in [0.3, 0.4) is 0 Å². The van der Waals surface area contributed by atoms with E-state index < -0.39 is 16.1 Å². The van der Waals surface area contributed by atoms with Crippen molar-refractivity contribution in [2.45, 2.75) is 0 Å². The summed E-state index contributed by atoms with van der Waals surface area (Å²) in [6.45, 7) is -0.0686. The van der Waals surface area contributed by atoms with Gasteiger partial charge in [-0.15, -0.1) is 0 Å². The van der Waals surface area contributed by atoms with Crippen molar-refractivity contribution in [1.82, 2.24) is 4.57 Å². The first-order chi connectivity index (χ1) is 47.6. The zero-order valence-corrected chi connectivity index (χ0v) is 54.9. The second-order valence-electron chi connectivity index (χ2n) is 25.5. The Morgan fingerprint density at radius 1 is 0.208 bits per heavy atom. The van der Waals surface area contributed by atoms with E-state index in [1.165, 1.54) is 85.4 Å². The summed E-state index contributed by atoms with van der Waals surface area (Å²) in [7, 11) is -5.94. The molecule has 16 aromatic rings. The van der Waals surface area contributed by atoms with Crippen LogP contribution in [-0.2, 0) is 0 Å². The van der Waals surface area contributed by atoms with Gasteiger partial charge in [0.2, 0.25) is 0 Å². The molecule has 450 valence electrons. The smallest absolute Gasteiger partial charge is 0.252 e. The summed E-state index contributed by atoms with van der Waals surface area (Å²) in [5, 5.41) is 13.1. The Morgan fingerprint density at radius 2 is 0.531 bits per heavy atom. The SMILES string of the molecule is c1ccc(N2c3ccccc3B3c4ccccc4N(c4cc(-c5cccc([Si](c6ccccc6)(c6ccccc6)c6ccccc6)c5)cc(-c5cccc([Si](c6ccccc6)(c6ccccc6)c6ccccc6)c5)c4)c4cc(-n5c6ccccc6c6ccccc65)cc2c43)cc1. The lowest BCUT2D eigenvalue weighted by Crippen LogP contribution is -2.74. The molecule has 18 rings (SSSR count). The Kier molecular flexibility index (Phi) is 14.0. The molecule has 6 heteroatoms. The van der Waals surface area contributed by atoms with Gasteiger partial charge < -0.3 is 14.4 Å². The fourth-order valence-electron chi connectivity index (χ4n) is 16.4. The van der Waals surface area contributed by atoms with Gasteiger partial charge >= 0.3 is 0 Å². The van der Waals surface area contributed by atoms with E-state index in [4.69, 9.17) is 0 Å². The minimum absolute atomic E-state index is 0.0686. The minimum Gasteiger partial charge on any atom is -0.311 e. The van der Waals surface area contributed by atoms with E-state index in [2.05, 4.69) is 403 Å². The first-order valence-corrected chi connectivity index (χ1v) is 37.3. The predicted molar refractivity (Wildman–Crippen MR) is 413 cm³/mol. The molecule has 1 aromatic heterocycles. The summed E-state index contributed by atoms with van der Waals surface area (Å²) in [5.41, 5.74) is 18.6. The van der Waals surface area contributed by atoms with Crippen LogP contribution in [0, 0.1) is 0 Å². The molecule has 0 aliphatic carbocycles. The summed E-state index contributed by atoms with van der Waals surface area (Å²) in [6, 6.07) is 147. The van der Waals surface area contributed by atoms with Crippen molar-refractivity contribution >= 4 is 137 Å². The van der Waals surface area contributed by atoms with Crippen molar-refractivity contribution in [1.29, 1.82) is 0 Å². The molecular weight excluding hydrogens is 1190 g/mol. The standard InChI is InChI=1S/C90H64BN3Si2/c1-8-34-69(35-9-1)92-86-56-28-24-52-82(86)91-83-53-25-29-57-87(83)94(89-64-71(63-88(92)90(89)91)93-84-54-26-22-50-80(84)81-51-23-27-55-85(81)93)70-59-67(65-32-30-48-78(61-65)95(72-36-10-2-11-37-72,73-38-12-3-13-39-73)74-40-14-4-15-41-74)58-68(60-70)66-33-31-49-79(62-66)96(75-42-16-5-17-43-75,76-44-18-6-19-45-76)77-46-20-7-21-47-77/h1-64H. The molecule has 2 aliphatic rings. The number of anilines is 6. The maximum absolute atomic E-state index is 2.97. The van der Waals surface area contributed by atoms with Gasteiger partial charge in [-0.25, -0.2) is 0 Å². The van der Waals surface area contributed by atoms with E-state index in [1.807, 2.05) is 0 Å². The van der Waals surface area contributed by atoms with Crippen LogP contribution in [0.15, 0.2) is 388 Å². The largest absolute Gasteiger partial charge is 0.311 e. The molecule has 0 amide bonds. The number of aromatic nitrogens is 1. The highest BCUT2D eigenvalue weighted by Crippen LogP contribution is 2.47. The monoisotopic (exact) mass is 1250 g/mol. The minimum atomic E-state index is -2.97. The molecule has 0 fully saturated rings. The Hall–Kier alpha value is -11.8. The molecule has 0 unspecified atom stereocenters. The summed E-state index contributed by atoms with van der Waals surface area (Å²) < 4.78 is 2.50. The van der Waals surface area contributed by atoms with Gasteiger partial charge in [-0.05, 0) is 147 Å². The maximum Gasteiger partial charge on any atom is 0.252 e. The third kappa shape index (κ3) is 9.09. The molecule has 15 aromatic carbocycles. The molecule has 0 radical (unpaired) electrons. The first kappa shape index (κ1) is 56.9. The molecule has 0 saturated carbocycles. The molecule has 0 atom stereocenters. The topological polar surface area (TPSA) is 11.4 Å². The number of para-hydroxylation sites is 5. The van der Waals surface area contributed by atoms with Gasteiger partial charge in [0.1, 0.15) is 0 Å². The average molecular weight is 1250 g/mol. The van der Waals surface area contributed by atoms with E-state index in [0.29, 0.717) is 0 Å². The first-order valence-electron chi connectivity index (χ1n) is 33.3. The summed E-state index contributed by atoms with van der Waals surface area (Å²) >= 11 is 0. The van der Waals surface area contributed by atoms with Crippen LogP contribution in [0.1, 0.15) is 0 Å². The zero-order chi connectivity index (χ0) is 63.6. The van der Waals surface area contributed by atoms with Crippen LogP contribution in [0.25, 0.3) is 49.7 Å². The maximum atomic E-state index is 2.62. The lowest BCUT2D eigenvalue weighted by molar-refractivity contribution is 1.16. The lowest BCUT2D eigenvalue weighted by Gasteiger charge is -2.44. The molecule has 0 bridgehead atoms. The quantitative estimate of drug-likeness (QED) is 0.0842. The number of rotatable bonds is 13. The molecule has 96 heavy (non-hydrogen) atoms. The van der Waals surface area contributed by atoms with Crippen molar-refractivity contribution < 1.29 is 0 Å². The molecule has 3 nitrogen and oxygen atoms in total. The van der Waals surface area contributed by atoms with Crippen molar-refractivity contribution in [2.75, 3.05) is 9.80 Å².